The minimum Gasteiger partial charge on any atom is -0.393 e. The van der Waals surface area contributed by atoms with E-state index in [1.165, 1.54) is 0 Å². The number of Topliss-reactive ketones (excluding diaryl/α,β-unsaturated/α-hetero) is 1. The molecule has 1 N–H and O–H groups in total. The predicted octanol–water partition coefficient (Wildman–Crippen LogP) is 8.48. The van der Waals surface area contributed by atoms with Gasteiger partial charge in [0.25, 0.3) is 0 Å². The zero-order chi connectivity index (χ0) is 25.4. The van der Waals surface area contributed by atoms with Gasteiger partial charge in [-0.1, -0.05) is 89.2 Å². The van der Waals surface area contributed by atoms with Crippen LogP contribution in [0.25, 0.3) is 0 Å². The molecule has 0 saturated heterocycles. The highest BCUT2D eigenvalue weighted by Gasteiger charge is 2.12. The Morgan fingerprint density at radius 2 is 1.30 bits per heavy atom. The van der Waals surface area contributed by atoms with E-state index >= 15 is 0 Å². The molecular formula is C28H56O2. The third-order valence-electron chi connectivity index (χ3n) is 3.08. The number of hydrogen-bond acceptors (Lipinski definition) is 2. The second kappa shape index (κ2) is 16.6. The van der Waals surface area contributed by atoms with Crippen LogP contribution in [0.15, 0.2) is 12.7 Å². The van der Waals surface area contributed by atoms with Crippen LogP contribution in [0.5, 0.6) is 0 Å². The summed E-state index contributed by atoms with van der Waals surface area (Å²) in [6, 6.07) is 0. The first-order valence-electron chi connectivity index (χ1n) is 11.2. The molecule has 0 amide bonds. The number of terminal acetylenes is 1. The minimum absolute atomic E-state index is 0.157. The van der Waals surface area contributed by atoms with E-state index in [2.05, 4.69) is 95.6 Å². The molecule has 0 spiro atoms. The first-order chi connectivity index (χ1) is 13.0. The Bertz CT molecular complexity index is 463. The van der Waals surface area contributed by atoms with Gasteiger partial charge in [0, 0.05) is 12.8 Å². The van der Waals surface area contributed by atoms with E-state index in [0.717, 1.165) is 19.3 Å². The summed E-state index contributed by atoms with van der Waals surface area (Å²) >= 11 is 0. The maximum absolute atomic E-state index is 10.5. The molecule has 0 heterocycles. The van der Waals surface area contributed by atoms with Crippen molar-refractivity contribution in [3.05, 3.63) is 12.7 Å². The molecule has 0 fully saturated rings. The molecule has 0 aliphatic heterocycles. The SMILES string of the molecule is C#CCC(C)(C)C.C=CCC(C)(C)C.CC(=O)CC(C)(C)C.CC(O)CC(C)(C)C. The normalized spacial score (nSPS) is 12.5. The van der Waals surface area contributed by atoms with Gasteiger partial charge in [-0.3, -0.25) is 0 Å². The number of ketones is 1. The van der Waals surface area contributed by atoms with Gasteiger partial charge in [0.05, 0.1) is 6.10 Å². The lowest BCUT2D eigenvalue weighted by atomic mass is 9.90. The van der Waals surface area contributed by atoms with Gasteiger partial charge in [0.1, 0.15) is 5.78 Å². The van der Waals surface area contributed by atoms with Crippen LogP contribution in [0.1, 0.15) is 123 Å². The van der Waals surface area contributed by atoms with E-state index in [0.29, 0.717) is 17.3 Å². The Morgan fingerprint density at radius 3 is 1.30 bits per heavy atom. The van der Waals surface area contributed by atoms with Crippen LogP contribution in [-0.2, 0) is 4.79 Å². The second-order valence-electron chi connectivity index (χ2n) is 13.0. The van der Waals surface area contributed by atoms with Crippen molar-refractivity contribution < 1.29 is 9.90 Å². The lowest BCUT2D eigenvalue weighted by molar-refractivity contribution is -0.118. The third kappa shape index (κ3) is 63.2. The Hall–Kier alpha value is -1.07. The topological polar surface area (TPSA) is 37.3 Å². The monoisotopic (exact) mass is 424 g/mol. The van der Waals surface area contributed by atoms with E-state index in [-0.39, 0.29) is 22.7 Å². The predicted molar refractivity (Wildman–Crippen MR) is 138 cm³/mol. The van der Waals surface area contributed by atoms with Crippen molar-refractivity contribution in [3.8, 4) is 12.3 Å². The van der Waals surface area contributed by atoms with Gasteiger partial charge in [0.15, 0.2) is 0 Å². The molecule has 0 bridgehead atoms. The molecule has 1 unspecified atom stereocenters. The fourth-order valence-corrected chi connectivity index (χ4v) is 2.37. The summed E-state index contributed by atoms with van der Waals surface area (Å²) in [6.45, 7) is 32.7. The Balaban J connectivity index is -0.000000151. The molecule has 0 aromatic heterocycles. The third-order valence-corrected chi connectivity index (χ3v) is 3.08. The highest BCUT2D eigenvalue weighted by molar-refractivity contribution is 5.76. The van der Waals surface area contributed by atoms with Crippen LogP contribution in [0.4, 0.5) is 0 Å². The maximum Gasteiger partial charge on any atom is 0.130 e. The number of carbonyl (C=O) groups excluding carboxylic acids is 1. The standard InChI is InChI=1S/C7H16O.C7H14O.C7H14.C7H12/c2*1-6(8)5-7(2,3)4;2*1-5-6-7(2,3)4/h6,8H,5H2,1-4H3;5H2,1-4H3;5H,1,6H2,2-4H3;1H,6H2,2-4H3. The summed E-state index contributed by atoms with van der Waals surface area (Å²) in [5.41, 5.74) is 1.19. The molecule has 0 aliphatic rings. The number of hydrogen-bond donors (Lipinski definition) is 1. The van der Waals surface area contributed by atoms with Crippen molar-refractivity contribution in [2.75, 3.05) is 0 Å². The van der Waals surface area contributed by atoms with E-state index in [1.54, 1.807) is 6.92 Å². The number of aliphatic hydroxyl groups excluding tert-OH is 1. The maximum atomic E-state index is 10.5. The van der Waals surface area contributed by atoms with Crippen LogP contribution in [0.3, 0.4) is 0 Å². The average Bonchev–Trinajstić information content (AvgIpc) is 2.30. The van der Waals surface area contributed by atoms with Crippen molar-refractivity contribution in [2.24, 2.45) is 21.7 Å². The van der Waals surface area contributed by atoms with Gasteiger partial charge >= 0.3 is 0 Å². The highest BCUT2D eigenvalue weighted by atomic mass is 16.3. The molecule has 2 heteroatoms. The minimum atomic E-state index is -0.157. The van der Waals surface area contributed by atoms with Gasteiger partial charge in [-0.05, 0) is 48.3 Å². The summed E-state index contributed by atoms with van der Waals surface area (Å²) in [6.07, 6.45) is 10.4. The first-order valence-corrected chi connectivity index (χ1v) is 11.2. The molecule has 0 saturated carbocycles. The van der Waals surface area contributed by atoms with Crippen LogP contribution in [-0.4, -0.2) is 17.0 Å². The van der Waals surface area contributed by atoms with Crippen LogP contribution in [0, 0.1) is 34.0 Å². The summed E-state index contributed by atoms with van der Waals surface area (Å²) in [4.78, 5) is 10.5. The van der Waals surface area contributed by atoms with E-state index < -0.39 is 0 Å². The van der Waals surface area contributed by atoms with E-state index in [4.69, 9.17) is 11.5 Å². The summed E-state index contributed by atoms with van der Waals surface area (Å²) < 4.78 is 0. The Labute approximate surface area is 191 Å². The molecule has 180 valence electrons. The quantitative estimate of drug-likeness (QED) is 0.364. The fourth-order valence-electron chi connectivity index (χ4n) is 2.37. The van der Waals surface area contributed by atoms with E-state index in [1.807, 2.05) is 13.0 Å². The summed E-state index contributed by atoms with van der Waals surface area (Å²) in [5.74, 6) is 2.88. The highest BCUT2D eigenvalue weighted by Crippen LogP contribution is 2.20. The first kappa shape index (κ1) is 36.3. The molecule has 0 rings (SSSR count). The molecule has 2 nitrogen and oxygen atoms in total. The van der Waals surface area contributed by atoms with Gasteiger partial charge < -0.3 is 9.90 Å². The number of aliphatic hydroxyl groups is 1. The fraction of sp³-hybridized carbons (Fsp3) is 0.821. The number of allylic oxidation sites excluding steroid dienone is 1. The zero-order valence-electron chi connectivity index (χ0n) is 23.1. The van der Waals surface area contributed by atoms with Crippen molar-refractivity contribution in [1.82, 2.24) is 0 Å². The van der Waals surface area contributed by atoms with Crippen molar-refractivity contribution >= 4 is 5.78 Å². The van der Waals surface area contributed by atoms with Crippen molar-refractivity contribution in [2.45, 2.75) is 129 Å². The Morgan fingerprint density at radius 1 is 0.900 bits per heavy atom. The molecule has 0 aliphatic carbocycles. The Kier molecular flexibility index (Phi) is 20.1. The van der Waals surface area contributed by atoms with Crippen LogP contribution < -0.4 is 0 Å². The van der Waals surface area contributed by atoms with E-state index in [9.17, 15) is 4.79 Å². The largest absolute Gasteiger partial charge is 0.393 e. The number of rotatable bonds is 3. The smallest absolute Gasteiger partial charge is 0.130 e. The molecule has 0 aromatic carbocycles. The number of carbonyl (C=O) groups is 1. The summed E-state index contributed by atoms with van der Waals surface area (Å²) in [7, 11) is 0. The second-order valence-corrected chi connectivity index (χ2v) is 13.0. The van der Waals surface area contributed by atoms with Gasteiger partial charge in [0.2, 0.25) is 0 Å². The molecule has 0 radical (unpaired) electrons. The molecule has 1 atom stereocenters. The lowest BCUT2D eigenvalue weighted by Gasteiger charge is -2.19. The van der Waals surface area contributed by atoms with Crippen molar-refractivity contribution in [3.63, 3.8) is 0 Å². The zero-order valence-corrected chi connectivity index (χ0v) is 23.1. The van der Waals surface area contributed by atoms with Gasteiger partial charge in [-0.25, -0.2) is 0 Å². The molecule has 0 aromatic rings. The molecule has 30 heavy (non-hydrogen) atoms. The summed E-state index contributed by atoms with van der Waals surface area (Å²) in [5, 5.41) is 8.89. The average molecular weight is 425 g/mol. The van der Waals surface area contributed by atoms with Gasteiger partial charge in [-0.15, -0.1) is 18.9 Å². The van der Waals surface area contributed by atoms with Crippen LogP contribution >= 0.6 is 0 Å². The lowest BCUT2D eigenvalue weighted by Crippen LogP contribution is -2.13. The van der Waals surface area contributed by atoms with Gasteiger partial charge in [-0.2, -0.15) is 0 Å². The van der Waals surface area contributed by atoms with Crippen LogP contribution in [0.2, 0.25) is 0 Å². The molecular weight excluding hydrogens is 368 g/mol. The van der Waals surface area contributed by atoms with Crippen molar-refractivity contribution in [1.29, 1.82) is 0 Å².